The molecule has 0 aliphatic rings. The van der Waals surface area contributed by atoms with Crippen molar-refractivity contribution in [3.63, 3.8) is 0 Å². The zero-order chi connectivity index (χ0) is 40.3. The molecule has 3 aromatic heterocycles. The van der Waals surface area contributed by atoms with Crippen molar-refractivity contribution < 1.29 is 65.8 Å². The van der Waals surface area contributed by atoms with E-state index in [4.69, 9.17) is 18.7 Å². The van der Waals surface area contributed by atoms with Crippen LogP contribution in [0.1, 0.15) is 36.9 Å². The summed E-state index contributed by atoms with van der Waals surface area (Å²) in [5, 5.41) is 9.18. The summed E-state index contributed by atoms with van der Waals surface area (Å²) in [6.45, 7) is 2.09. The van der Waals surface area contributed by atoms with Gasteiger partial charge in [-0.15, -0.1) is 16.4 Å². The number of pyridine rings is 1. The number of ether oxygens (including phenoxy) is 5. The molecule has 21 heteroatoms. The molecule has 4 aromatic rings. The highest BCUT2D eigenvalue weighted by Gasteiger charge is 2.24. The molecular weight excluding hydrogens is 780 g/mol. The SMILES string of the molecule is Cc1ccc2cc(-c3ccc(N(C)CCn4cc(COC(=O)CCCOCCOC(=O)CCCOP(=O)(O)OCC(COC=O)OC=O)nn4)nc3F)sc2c1. The number of rotatable bonds is 27. The highest BCUT2D eigenvalue weighted by Crippen LogP contribution is 2.43. The molecule has 1 aromatic carbocycles. The van der Waals surface area contributed by atoms with Gasteiger partial charge in [0.25, 0.3) is 12.9 Å². The number of thiophene rings is 1. The van der Waals surface area contributed by atoms with Crippen LogP contribution < -0.4 is 4.90 Å². The number of carbonyl (C=O) groups is 4. The van der Waals surface area contributed by atoms with Gasteiger partial charge in [0, 0.05) is 48.2 Å². The fourth-order valence-corrected chi connectivity index (χ4v) is 6.83. The molecule has 0 aliphatic carbocycles. The second-order valence-electron chi connectivity index (χ2n) is 12.1. The number of carbonyl (C=O) groups excluding carboxylic acids is 4. The van der Waals surface area contributed by atoms with Crippen molar-refractivity contribution in [1.82, 2.24) is 20.0 Å². The molecule has 0 bridgehead atoms. The van der Waals surface area contributed by atoms with Gasteiger partial charge in [0.15, 0.2) is 6.10 Å². The van der Waals surface area contributed by atoms with Gasteiger partial charge in [0.1, 0.15) is 31.3 Å². The number of halogens is 1. The molecule has 0 amide bonds. The van der Waals surface area contributed by atoms with E-state index in [9.17, 15) is 28.6 Å². The van der Waals surface area contributed by atoms with E-state index >= 15 is 4.39 Å². The van der Waals surface area contributed by atoms with Crippen molar-refractivity contribution in [2.24, 2.45) is 0 Å². The average molecular weight is 824 g/mol. The van der Waals surface area contributed by atoms with E-state index < -0.39 is 38.4 Å². The fraction of sp³-hybridized carbons (Fsp3) is 0.457. The molecule has 0 saturated heterocycles. The van der Waals surface area contributed by atoms with Gasteiger partial charge >= 0.3 is 19.8 Å². The van der Waals surface area contributed by atoms with Crippen LogP contribution in [0.3, 0.4) is 0 Å². The van der Waals surface area contributed by atoms with Crippen molar-refractivity contribution in [2.75, 3.05) is 58.1 Å². The number of anilines is 1. The molecule has 0 saturated carbocycles. The largest absolute Gasteiger partial charge is 0.472 e. The minimum Gasteiger partial charge on any atom is -0.464 e. The van der Waals surface area contributed by atoms with Crippen molar-refractivity contribution in [3.05, 3.63) is 59.8 Å². The molecule has 304 valence electrons. The Morgan fingerprint density at radius 3 is 2.55 bits per heavy atom. The van der Waals surface area contributed by atoms with E-state index in [0.717, 1.165) is 20.5 Å². The molecule has 2 atom stereocenters. The van der Waals surface area contributed by atoms with Crippen LogP contribution in [0.25, 0.3) is 20.5 Å². The summed E-state index contributed by atoms with van der Waals surface area (Å²) < 4.78 is 63.7. The number of aryl methyl sites for hydroxylation is 1. The topological polar surface area (TPSA) is 217 Å². The summed E-state index contributed by atoms with van der Waals surface area (Å²) in [5.41, 5.74) is 2.07. The number of aromatic nitrogens is 4. The van der Waals surface area contributed by atoms with Crippen LogP contribution in [0, 0.1) is 12.9 Å². The molecule has 1 N–H and O–H groups in total. The maximum Gasteiger partial charge on any atom is 0.472 e. The van der Waals surface area contributed by atoms with Crippen molar-refractivity contribution >= 4 is 59.9 Å². The zero-order valence-electron chi connectivity index (χ0n) is 30.8. The minimum atomic E-state index is -4.52. The molecule has 18 nitrogen and oxygen atoms in total. The Morgan fingerprint density at radius 1 is 1.00 bits per heavy atom. The molecule has 2 unspecified atom stereocenters. The third kappa shape index (κ3) is 15.0. The van der Waals surface area contributed by atoms with Gasteiger partial charge in [-0.25, -0.2) is 9.55 Å². The maximum absolute atomic E-state index is 15.1. The smallest absolute Gasteiger partial charge is 0.464 e. The van der Waals surface area contributed by atoms with Crippen LogP contribution in [0.4, 0.5) is 10.2 Å². The first-order valence-electron chi connectivity index (χ1n) is 17.4. The maximum atomic E-state index is 15.1. The normalized spacial score (nSPS) is 12.8. The van der Waals surface area contributed by atoms with Gasteiger partial charge in [0.05, 0.1) is 32.6 Å². The van der Waals surface area contributed by atoms with Crippen molar-refractivity contribution in [3.8, 4) is 10.4 Å². The first-order chi connectivity index (χ1) is 27.0. The summed E-state index contributed by atoms with van der Waals surface area (Å²) in [4.78, 5) is 61.2. The van der Waals surface area contributed by atoms with Gasteiger partial charge in [-0.05, 0) is 55.0 Å². The monoisotopic (exact) mass is 823 g/mol. The summed E-state index contributed by atoms with van der Waals surface area (Å²) in [6.07, 6.45) is 0.972. The van der Waals surface area contributed by atoms with Crippen molar-refractivity contribution in [1.29, 1.82) is 0 Å². The lowest BCUT2D eigenvalue weighted by atomic mass is 10.1. The second kappa shape index (κ2) is 22.6. The number of fused-ring (bicyclic) bond motifs is 1. The van der Waals surface area contributed by atoms with Crippen LogP contribution in [0.2, 0.25) is 0 Å². The Labute approximate surface area is 325 Å². The molecule has 3 heterocycles. The van der Waals surface area contributed by atoms with Gasteiger partial charge in [-0.3, -0.25) is 32.9 Å². The van der Waals surface area contributed by atoms with Crippen LogP contribution in [-0.4, -0.2) is 109 Å². The van der Waals surface area contributed by atoms with E-state index in [1.807, 2.05) is 37.1 Å². The molecule has 56 heavy (non-hydrogen) atoms. The molecule has 0 aliphatic heterocycles. The van der Waals surface area contributed by atoms with E-state index in [0.29, 0.717) is 36.6 Å². The van der Waals surface area contributed by atoms with Gasteiger partial charge in [0.2, 0.25) is 5.95 Å². The van der Waals surface area contributed by atoms with E-state index in [2.05, 4.69) is 35.4 Å². The predicted octanol–water partition coefficient (Wildman–Crippen LogP) is 4.15. The molecule has 0 fully saturated rings. The lowest BCUT2D eigenvalue weighted by Crippen LogP contribution is -2.24. The number of nitrogens with zero attached hydrogens (tertiary/aromatic N) is 5. The Bertz CT molecular complexity index is 1950. The number of hydrogen-bond donors (Lipinski definition) is 1. The zero-order valence-corrected chi connectivity index (χ0v) is 32.5. The van der Waals surface area contributed by atoms with Crippen LogP contribution in [-0.2, 0) is 69.6 Å². The second-order valence-corrected chi connectivity index (χ2v) is 14.7. The molecule has 4 rings (SSSR count). The Morgan fingerprint density at radius 2 is 1.79 bits per heavy atom. The van der Waals surface area contributed by atoms with Crippen LogP contribution in [0.5, 0.6) is 0 Å². The lowest BCUT2D eigenvalue weighted by Gasteiger charge is -2.18. The number of benzene rings is 1. The minimum absolute atomic E-state index is 0.0368. The summed E-state index contributed by atoms with van der Waals surface area (Å²) in [7, 11) is -2.71. The van der Waals surface area contributed by atoms with E-state index in [1.165, 1.54) is 11.3 Å². The number of phosphoric acid groups is 1. The third-order valence-electron chi connectivity index (χ3n) is 7.76. The summed E-state index contributed by atoms with van der Waals surface area (Å²) in [5.74, 6) is -1.09. The standard InChI is InChI=1S/C35H43FN5O13PS/c1-25-7-8-26-18-31(56-30(26)17-25)29-9-10-32(37-35(29)36)40(2)11-12-41-19-27(38-39-41)20-51-34(45)5-3-13-48-15-16-50-33(44)6-4-14-53-55(46,47)54-22-28(52-24-43)21-49-23-42/h7-10,17-19,23-24,28H,3-6,11-16,20-22H2,1-2H3,(H,46,47). The highest BCUT2D eigenvalue weighted by atomic mass is 32.1. The van der Waals surface area contributed by atoms with Gasteiger partial charge < -0.3 is 33.5 Å². The van der Waals surface area contributed by atoms with Crippen LogP contribution >= 0.6 is 19.2 Å². The lowest BCUT2D eigenvalue weighted by molar-refractivity contribution is -0.145. The Balaban J connectivity index is 1.02. The van der Waals surface area contributed by atoms with E-state index in [-0.39, 0.29) is 71.8 Å². The first-order valence-corrected chi connectivity index (χ1v) is 19.7. The van der Waals surface area contributed by atoms with E-state index in [1.54, 1.807) is 23.0 Å². The third-order valence-corrected chi connectivity index (χ3v) is 9.87. The Hall–Kier alpha value is -4.85. The quantitative estimate of drug-likeness (QED) is 0.0223. The first kappa shape index (κ1) is 43.9. The number of hydrogen-bond acceptors (Lipinski definition) is 17. The Kier molecular flexibility index (Phi) is 17.7. The number of likely N-dealkylation sites (N-methyl/N-ethyl adjacent to an activating group) is 1. The van der Waals surface area contributed by atoms with Gasteiger partial charge in [-0.1, -0.05) is 17.3 Å². The predicted molar refractivity (Wildman–Crippen MR) is 198 cm³/mol. The number of esters is 2. The molecular formula is C35H43FN5O13PS. The van der Waals surface area contributed by atoms with Crippen molar-refractivity contribution in [2.45, 2.75) is 51.9 Å². The fourth-order valence-electron chi connectivity index (χ4n) is 4.87. The molecule has 0 radical (unpaired) electrons. The van der Waals surface area contributed by atoms with Gasteiger partial charge in [-0.2, -0.15) is 4.39 Å². The number of phosphoric ester groups is 1. The summed E-state index contributed by atoms with van der Waals surface area (Å²) >= 11 is 1.53. The molecule has 0 spiro atoms. The average Bonchev–Trinajstić information content (AvgIpc) is 3.82. The van der Waals surface area contributed by atoms with Crippen LogP contribution in [0.15, 0.2) is 42.6 Å². The highest BCUT2D eigenvalue weighted by molar-refractivity contribution is 7.47. The summed E-state index contributed by atoms with van der Waals surface area (Å²) in [6, 6.07) is 11.6.